The molecule has 0 amide bonds. The Bertz CT molecular complexity index is 269. The van der Waals surface area contributed by atoms with Crippen LogP contribution in [-0.2, 0) is 0 Å². The van der Waals surface area contributed by atoms with Crippen LogP contribution in [0.5, 0.6) is 0 Å². The minimum absolute atomic E-state index is 0.313. The summed E-state index contributed by atoms with van der Waals surface area (Å²) < 4.78 is 0. The van der Waals surface area contributed by atoms with Crippen molar-refractivity contribution in [3.63, 3.8) is 0 Å². The van der Waals surface area contributed by atoms with Gasteiger partial charge in [0.1, 0.15) is 0 Å². The largest absolute Gasteiger partial charge is 0.329 e. The molecule has 4 rings (SSSR count). The third kappa shape index (κ3) is 2.02. The lowest BCUT2D eigenvalue weighted by molar-refractivity contribution is -0.0670. The fourth-order valence-electron chi connectivity index (χ4n) is 4.10. The van der Waals surface area contributed by atoms with E-state index in [1.54, 1.807) is 0 Å². The topological polar surface area (TPSA) is 32.5 Å². The highest BCUT2D eigenvalue weighted by Gasteiger charge is 2.49. The number of hydrogen-bond donors (Lipinski definition) is 1. The molecule has 1 aliphatic carbocycles. The molecule has 1 unspecified atom stereocenters. The Morgan fingerprint density at radius 3 is 2.35 bits per heavy atom. The molecule has 1 saturated carbocycles. The average Bonchev–Trinajstić information content (AvgIpc) is 3.21. The smallest absolute Gasteiger partial charge is 0.0487 e. The molecule has 4 fully saturated rings. The molecule has 0 spiro atoms. The number of likely N-dealkylation sites (N-methyl/N-ethyl adjacent to an activating group) is 1. The Morgan fingerprint density at radius 1 is 1.24 bits per heavy atom. The summed E-state index contributed by atoms with van der Waals surface area (Å²) in [6.45, 7) is 9.51. The molecule has 3 heteroatoms. The first-order chi connectivity index (χ1) is 8.28. The van der Waals surface area contributed by atoms with Crippen LogP contribution in [0.2, 0.25) is 0 Å². The standard InChI is InChI=1S/C14H27N3/c1-2-17(9-12-3-4-12)14(10-15)11-16-7-5-13(14)6-8-16/h12-13H,2-11,15H2,1H3. The highest BCUT2D eigenvalue weighted by atomic mass is 15.3. The highest BCUT2D eigenvalue weighted by Crippen LogP contribution is 2.41. The van der Waals surface area contributed by atoms with Crippen LogP contribution in [0.25, 0.3) is 0 Å². The summed E-state index contributed by atoms with van der Waals surface area (Å²) in [6, 6.07) is 0. The molecule has 0 aromatic carbocycles. The van der Waals surface area contributed by atoms with Gasteiger partial charge < -0.3 is 10.6 Å². The third-order valence-corrected chi connectivity index (χ3v) is 5.39. The Balaban J connectivity index is 1.78. The molecule has 0 aromatic rings. The van der Waals surface area contributed by atoms with Crippen LogP contribution < -0.4 is 5.73 Å². The summed E-state index contributed by atoms with van der Waals surface area (Å²) in [5.74, 6) is 1.84. The minimum atomic E-state index is 0.313. The van der Waals surface area contributed by atoms with E-state index < -0.39 is 0 Å². The Morgan fingerprint density at radius 2 is 1.94 bits per heavy atom. The van der Waals surface area contributed by atoms with Gasteiger partial charge in [0.15, 0.2) is 0 Å². The second-order valence-electron chi connectivity index (χ2n) is 6.34. The van der Waals surface area contributed by atoms with Crippen LogP contribution in [0.4, 0.5) is 0 Å². The molecular weight excluding hydrogens is 210 g/mol. The SMILES string of the molecule is CCN(CC1CC1)C1(CN)CN2CCC1CC2. The van der Waals surface area contributed by atoms with Gasteiger partial charge in [0.25, 0.3) is 0 Å². The number of fused-ring (bicyclic) bond motifs is 3. The van der Waals surface area contributed by atoms with Crippen LogP contribution in [0.1, 0.15) is 32.6 Å². The maximum atomic E-state index is 6.23. The third-order valence-electron chi connectivity index (χ3n) is 5.39. The summed E-state index contributed by atoms with van der Waals surface area (Å²) in [7, 11) is 0. The second kappa shape index (κ2) is 4.52. The summed E-state index contributed by atoms with van der Waals surface area (Å²) >= 11 is 0. The highest BCUT2D eigenvalue weighted by molar-refractivity contribution is 5.06. The molecule has 3 heterocycles. The molecule has 2 bridgehead atoms. The van der Waals surface area contributed by atoms with Crippen molar-refractivity contribution in [3.8, 4) is 0 Å². The van der Waals surface area contributed by atoms with Gasteiger partial charge in [-0.25, -0.2) is 0 Å². The van der Waals surface area contributed by atoms with Crippen molar-refractivity contribution in [3.05, 3.63) is 0 Å². The molecule has 1 atom stereocenters. The van der Waals surface area contributed by atoms with Crippen LogP contribution in [0.15, 0.2) is 0 Å². The first-order valence-electron chi connectivity index (χ1n) is 7.46. The number of nitrogens with two attached hydrogens (primary N) is 1. The van der Waals surface area contributed by atoms with Crippen molar-refractivity contribution in [2.45, 2.75) is 38.1 Å². The van der Waals surface area contributed by atoms with Crippen molar-refractivity contribution < 1.29 is 0 Å². The molecule has 0 aromatic heterocycles. The Labute approximate surface area is 105 Å². The molecule has 98 valence electrons. The lowest BCUT2D eigenvalue weighted by atomic mass is 9.71. The van der Waals surface area contributed by atoms with Crippen molar-refractivity contribution in [2.75, 3.05) is 39.3 Å². The Kier molecular flexibility index (Phi) is 3.18. The molecule has 0 radical (unpaired) electrons. The van der Waals surface area contributed by atoms with Crippen LogP contribution in [0.3, 0.4) is 0 Å². The lowest BCUT2D eigenvalue weighted by Crippen LogP contribution is -2.70. The lowest BCUT2D eigenvalue weighted by Gasteiger charge is -2.57. The first kappa shape index (κ1) is 11.9. The van der Waals surface area contributed by atoms with Crippen LogP contribution >= 0.6 is 0 Å². The van der Waals surface area contributed by atoms with Crippen molar-refractivity contribution in [1.82, 2.24) is 9.80 Å². The number of nitrogens with zero attached hydrogens (tertiary/aromatic N) is 2. The van der Waals surface area contributed by atoms with E-state index in [0.29, 0.717) is 5.54 Å². The van der Waals surface area contributed by atoms with E-state index in [4.69, 9.17) is 5.73 Å². The first-order valence-corrected chi connectivity index (χ1v) is 7.46. The quantitative estimate of drug-likeness (QED) is 0.778. The van der Waals surface area contributed by atoms with E-state index >= 15 is 0 Å². The van der Waals surface area contributed by atoms with Gasteiger partial charge in [0.2, 0.25) is 0 Å². The number of rotatable bonds is 5. The second-order valence-corrected chi connectivity index (χ2v) is 6.34. The van der Waals surface area contributed by atoms with Gasteiger partial charge in [-0.2, -0.15) is 0 Å². The van der Waals surface area contributed by atoms with Crippen LogP contribution in [0, 0.1) is 11.8 Å². The normalized spacial score (nSPS) is 41.1. The van der Waals surface area contributed by atoms with E-state index in [9.17, 15) is 0 Å². The van der Waals surface area contributed by atoms with E-state index in [-0.39, 0.29) is 0 Å². The molecule has 17 heavy (non-hydrogen) atoms. The zero-order valence-electron chi connectivity index (χ0n) is 11.2. The van der Waals surface area contributed by atoms with E-state index in [2.05, 4.69) is 16.7 Å². The molecule has 3 saturated heterocycles. The number of piperidine rings is 3. The zero-order valence-corrected chi connectivity index (χ0v) is 11.2. The van der Waals surface area contributed by atoms with E-state index in [1.807, 2.05) is 0 Å². The van der Waals surface area contributed by atoms with Gasteiger partial charge in [-0.05, 0) is 57.2 Å². The monoisotopic (exact) mass is 237 g/mol. The predicted octanol–water partition coefficient (Wildman–Crippen LogP) is 1.14. The van der Waals surface area contributed by atoms with Gasteiger partial charge in [-0.1, -0.05) is 6.92 Å². The predicted molar refractivity (Wildman–Crippen MR) is 70.9 cm³/mol. The molecule has 3 aliphatic heterocycles. The fraction of sp³-hybridized carbons (Fsp3) is 1.00. The molecule has 3 nitrogen and oxygen atoms in total. The minimum Gasteiger partial charge on any atom is -0.329 e. The Hall–Kier alpha value is -0.120. The summed E-state index contributed by atoms with van der Waals surface area (Å²) in [5, 5.41) is 0. The van der Waals surface area contributed by atoms with Crippen molar-refractivity contribution in [1.29, 1.82) is 0 Å². The molecule has 2 N–H and O–H groups in total. The fourth-order valence-corrected chi connectivity index (χ4v) is 4.10. The van der Waals surface area contributed by atoms with Crippen LogP contribution in [-0.4, -0.2) is 54.6 Å². The van der Waals surface area contributed by atoms with Crippen molar-refractivity contribution >= 4 is 0 Å². The van der Waals surface area contributed by atoms with E-state index in [1.165, 1.54) is 58.4 Å². The van der Waals surface area contributed by atoms with Gasteiger partial charge >= 0.3 is 0 Å². The van der Waals surface area contributed by atoms with Gasteiger partial charge in [-0.15, -0.1) is 0 Å². The zero-order chi connectivity index (χ0) is 11.9. The summed E-state index contributed by atoms with van der Waals surface area (Å²) in [5.41, 5.74) is 6.54. The number of hydrogen-bond acceptors (Lipinski definition) is 3. The van der Waals surface area contributed by atoms with Gasteiger partial charge in [-0.3, -0.25) is 4.90 Å². The van der Waals surface area contributed by atoms with E-state index in [0.717, 1.165) is 18.4 Å². The maximum Gasteiger partial charge on any atom is 0.0487 e. The average molecular weight is 237 g/mol. The summed E-state index contributed by atoms with van der Waals surface area (Å²) in [4.78, 5) is 5.38. The van der Waals surface area contributed by atoms with Gasteiger partial charge in [0, 0.05) is 25.2 Å². The molecule has 4 aliphatic rings. The summed E-state index contributed by atoms with van der Waals surface area (Å²) in [6.07, 6.45) is 5.65. The van der Waals surface area contributed by atoms with Gasteiger partial charge in [0.05, 0.1) is 0 Å². The maximum absolute atomic E-state index is 6.23. The molecular formula is C14H27N3. The van der Waals surface area contributed by atoms with Crippen molar-refractivity contribution in [2.24, 2.45) is 17.6 Å².